The van der Waals surface area contributed by atoms with Crippen LogP contribution < -0.4 is 11.1 Å². The van der Waals surface area contributed by atoms with E-state index in [-0.39, 0.29) is 18.1 Å². The maximum atomic E-state index is 11.5. The first-order chi connectivity index (χ1) is 7.27. The van der Waals surface area contributed by atoms with Gasteiger partial charge in [0, 0.05) is 6.07 Å². The molecule has 1 amide bonds. The number of nitrogen functional groups attached to an aromatic ring is 1. The van der Waals surface area contributed by atoms with Crippen LogP contribution >= 0.6 is 0 Å². The van der Waals surface area contributed by atoms with Gasteiger partial charge in [-0.05, 0) is 0 Å². The van der Waals surface area contributed by atoms with Gasteiger partial charge in [-0.25, -0.2) is 0 Å². The number of aromatic amines is 1. The first kappa shape index (κ1) is 9.25. The first-order valence-corrected chi connectivity index (χ1v) is 4.23. The van der Waals surface area contributed by atoms with Gasteiger partial charge in [-0.3, -0.25) is 9.89 Å². The number of nitrogens with two attached hydrogens (primary N) is 1. The second kappa shape index (κ2) is 3.82. The minimum Gasteiger partial charge on any atom is -0.396 e. The summed E-state index contributed by atoms with van der Waals surface area (Å²) in [4.78, 5) is 11.5. The van der Waals surface area contributed by atoms with Crippen molar-refractivity contribution in [3.05, 3.63) is 29.9 Å². The predicted molar refractivity (Wildman–Crippen MR) is 50.7 cm³/mol. The molecule has 0 aromatic carbocycles. The minimum atomic E-state index is -0.326. The summed E-state index contributed by atoms with van der Waals surface area (Å²) in [5.41, 5.74) is 6.70. The zero-order valence-corrected chi connectivity index (χ0v) is 7.73. The van der Waals surface area contributed by atoms with E-state index in [1.807, 2.05) is 0 Å². The van der Waals surface area contributed by atoms with Crippen LogP contribution in [-0.4, -0.2) is 21.3 Å². The number of hydrogen-bond acceptors (Lipinski definition) is 5. The topological polar surface area (TPSA) is 110 Å². The molecule has 15 heavy (non-hydrogen) atoms. The lowest BCUT2D eigenvalue weighted by Gasteiger charge is -2.00. The largest absolute Gasteiger partial charge is 0.396 e. The summed E-state index contributed by atoms with van der Waals surface area (Å²) in [5, 5.41) is 12.4. The quantitative estimate of drug-likeness (QED) is 0.651. The molecule has 7 heteroatoms. The molecule has 0 aliphatic carbocycles. The van der Waals surface area contributed by atoms with Crippen LogP contribution in [0.5, 0.6) is 0 Å². The van der Waals surface area contributed by atoms with Crippen molar-refractivity contribution in [2.75, 3.05) is 5.73 Å². The van der Waals surface area contributed by atoms with Crippen LogP contribution in [-0.2, 0) is 6.54 Å². The van der Waals surface area contributed by atoms with Crippen molar-refractivity contribution in [3.63, 3.8) is 0 Å². The Morgan fingerprint density at radius 2 is 2.53 bits per heavy atom. The number of amides is 1. The number of nitrogens with one attached hydrogen (secondary N) is 2. The minimum absolute atomic E-state index is 0.249. The molecule has 2 heterocycles. The van der Waals surface area contributed by atoms with Crippen molar-refractivity contribution in [2.24, 2.45) is 0 Å². The number of hydrogen-bond donors (Lipinski definition) is 3. The highest BCUT2D eigenvalue weighted by atomic mass is 16.5. The van der Waals surface area contributed by atoms with Crippen molar-refractivity contribution >= 4 is 11.6 Å². The second-order valence-corrected chi connectivity index (χ2v) is 2.87. The molecule has 2 aromatic rings. The van der Waals surface area contributed by atoms with Crippen molar-refractivity contribution in [1.29, 1.82) is 0 Å². The summed E-state index contributed by atoms with van der Waals surface area (Å²) in [6, 6.07) is 1.66. The van der Waals surface area contributed by atoms with Gasteiger partial charge in [0.1, 0.15) is 17.7 Å². The summed E-state index contributed by atoms with van der Waals surface area (Å²) in [6.07, 6.45) is 2.82. The van der Waals surface area contributed by atoms with Gasteiger partial charge in [0.25, 0.3) is 5.91 Å². The van der Waals surface area contributed by atoms with E-state index in [1.54, 1.807) is 6.07 Å². The van der Waals surface area contributed by atoms with Gasteiger partial charge in [0.05, 0.1) is 18.4 Å². The molecule has 4 N–H and O–H groups in total. The molecule has 0 bridgehead atoms. The third kappa shape index (κ3) is 1.96. The molecule has 0 saturated heterocycles. The average molecular weight is 207 g/mol. The van der Waals surface area contributed by atoms with Crippen LogP contribution in [0.2, 0.25) is 0 Å². The highest BCUT2D eigenvalue weighted by Crippen LogP contribution is 2.05. The fourth-order valence-corrected chi connectivity index (χ4v) is 1.07. The van der Waals surface area contributed by atoms with Gasteiger partial charge >= 0.3 is 0 Å². The highest BCUT2D eigenvalue weighted by molar-refractivity contribution is 5.96. The Bertz CT molecular complexity index is 447. The number of carbonyl (C=O) groups excluding carboxylic acids is 1. The Labute approximate surface area is 84.6 Å². The van der Waals surface area contributed by atoms with Crippen LogP contribution in [0, 0.1) is 0 Å². The number of anilines is 1. The number of carbonyl (C=O) groups is 1. The molecule has 2 rings (SSSR count). The molecule has 0 radical (unpaired) electrons. The molecular formula is C8H9N5O2. The molecular weight excluding hydrogens is 198 g/mol. The molecule has 0 fully saturated rings. The third-order valence-corrected chi connectivity index (χ3v) is 1.82. The van der Waals surface area contributed by atoms with Gasteiger partial charge in [-0.15, -0.1) is 0 Å². The zero-order valence-electron chi connectivity index (χ0n) is 7.73. The molecule has 7 nitrogen and oxygen atoms in total. The molecule has 0 saturated carbocycles. The number of nitrogens with zero attached hydrogens (tertiary/aromatic N) is 2. The van der Waals surface area contributed by atoms with Gasteiger partial charge in [-0.1, -0.05) is 5.16 Å². The maximum Gasteiger partial charge on any atom is 0.271 e. The van der Waals surface area contributed by atoms with Gasteiger partial charge in [0.15, 0.2) is 0 Å². The number of rotatable bonds is 3. The van der Waals surface area contributed by atoms with Crippen LogP contribution in [0.4, 0.5) is 5.69 Å². The van der Waals surface area contributed by atoms with Gasteiger partial charge in [0.2, 0.25) is 0 Å². The predicted octanol–water partition coefficient (Wildman–Crippen LogP) is -0.0901. The fourth-order valence-electron chi connectivity index (χ4n) is 1.07. The SMILES string of the molecule is Nc1cn[nH]c1C(=O)NCc1ccon1. The summed E-state index contributed by atoms with van der Waals surface area (Å²) in [6.45, 7) is 0.286. The smallest absolute Gasteiger partial charge is 0.271 e. The van der Waals surface area contributed by atoms with Gasteiger partial charge in [-0.2, -0.15) is 5.10 Å². The van der Waals surface area contributed by atoms with E-state index < -0.39 is 0 Å². The van der Waals surface area contributed by atoms with Crippen LogP contribution in [0.1, 0.15) is 16.2 Å². The normalized spacial score (nSPS) is 10.1. The van der Waals surface area contributed by atoms with E-state index in [0.29, 0.717) is 11.4 Å². The highest BCUT2D eigenvalue weighted by Gasteiger charge is 2.11. The zero-order chi connectivity index (χ0) is 10.7. The van der Waals surface area contributed by atoms with Gasteiger partial charge < -0.3 is 15.6 Å². The lowest BCUT2D eigenvalue weighted by atomic mass is 10.3. The Morgan fingerprint density at radius 3 is 3.13 bits per heavy atom. The standard InChI is InChI=1S/C8H9N5O2/c9-6-4-11-12-7(6)8(14)10-3-5-1-2-15-13-5/h1-2,4H,3,9H2,(H,10,14)(H,11,12). The van der Waals surface area contributed by atoms with E-state index in [9.17, 15) is 4.79 Å². The number of aromatic nitrogens is 3. The van der Waals surface area contributed by atoms with E-state index in [4.69, 9.17) is 5.73 Å². The van der Waals surface area contributed by atoms with Crippen molar-refractivity contribution in [3.8, 4) is 0 Å². The van der Waals surface area contributed by atoms with E-state index >= 15 is 0 Å². The molecule has 0 aliphatic heterocycles. The molecule has 0 atom stereocenters. The molecule has 78 valence electrons. The average Bonchev–Trinajstić information content (AvgIpc) is 2.84. The molecule has 0 aliphatic rings. The van der Waals surface area contributed by atoms with Crippen molar-refractivity contribution in [2.45, 2.75) is 6.54 Å². The molecule has 2 aromatic heterocycles. The summed E-state index contributed by atoms with van der Waals surface area (Å²) >= 11 is 0. The lowest BCUT2D eigenvalue weighted by Crippen LogP contribution is -2.24. The summed E-state index contributed by atoms with van der Waals surface area (Å²) in [5.74, 6) is -0.326. The second-order valence-electron chi connectivity index (χ2n) is 2.87. The molecule has 0 unspecified atom stereocenters. The van der Waals surface area contributed by atoms with Crippen molar-refractivity contribution in [1.82, 2.24) is 20.7 Å². The van der Waals surface area contributed by atoms with E-state index in [0.717, 1.165) is 0 Å². The Balaban J connectivity index is 1.96. The Hall–Kier alpha value is -2.31. The first-order valence-electron chi connectivity index (χ1n) is 4.23. The lowest BCUT2D eigenvalue weighted by molar-refractivity contribution is 0.0946. The summed E-state index contributed by atoms with van der Waals surface area (Å²) < 4.78 is 4.62. The Kier molecular flexibility index (Phi) is 2.36. The van der Waals surface area contributed by atoms with Crippen LogP contribution in [0.15, 0.2) is 23.0 Å². The van der Waals surface area contributed by atoms with E-state index in [2.05, 4.69) is 25.2 Å². The third-order valence-electron chi connectivity index (χ3n) is 1.82. The number of H-pyrrole nitrogens is 1. The fraction of sp³-hybridized carbons (Fsp3) is 0.125. The van der Waals surface area contributed by atoms with Crippen molar-refractivity contribution < 1.29 is 9.32 Å². The van der Waals surface area contributed by atoms with Crippen LogP contribution in [0.3, 0.4) is 0 Å². The van der Waals surface area contributed by atoms with E-state index in [1.165, 1.54) is 12.5 Å². The molecule has 0 spiro atoms. The monoisotopic (exact) mass is 207 g/mol. The summed E-state index contributed by atoms with van der Waals surface area (Å²) in [7, 11) is 0. The Morgan fingerprint density at radius 1 is 1.67 bits per heavy atom. The maximum absolute atomic E-state index is 11.5. The van der Waals surface area contributed by atoms with Crippen LogP contribution in [0.25, 0.3) is 0 Å².